The van der Waals surface area contributed by atoms with Gasteiger partial charge >= 0.3 is 0 Å². The van der Waals surface area contributed by atoms with Crippen molar-refractivity contribution < 1.29 is 22.9 Å². The average molecular weight is 564 g/mol. The summed E-state index contributed by atoms with van der Waals surface area (Å²) in [4.78, 5) is 44.2. The summed E-state index contributed by atoms with van der Waals surface area (Å²) >= 11 is 0. The van der Waals surface area contributed by atoms with Gasteiger partial charge in [-0.25, -0.2) is 8.42 Å². The lowest BCUT2D eigenvalue weighted by atomic mass is 10.0. The fraction of sp³-hybridized carbons (Fsp3) is 0.286. The van der Waals surface area contributed by atoms with Crippen LogP contribution in [0.4, 0.5) is 11.4 Å². The molecular formula is C28H29N5O6S. The lowest BCUT2D eigenvalue weighted by molar-refractivity contribution is -0.385. The molecule has 0 aliphatic carbocycles. The third-order valence-electron chi connectivity index (χ3n) is 7.44. The Morgan fingerprint density at radius 1 is 1.10 bits per heavy atom. The minimum absolute atomic E-state index is 0.0582. The molecule has 1 aromatic heterocycles. The van der Waals surface area contributed by atoms with Gasteiger partial charge in [0.1, 0.15) is 0 Å². The lowest BCUT2D eigenvalue weighted by Gasteiger charge is -2.32. The minimum atomic E-state index is -3.98. The third kappa shape index (κ3) is 5.03. The molecule has 5 rings (SSSR count). The van der Waals surface area contributed by atoms with Crippen molar-refractivity contribution in [3.63, 3.8) is 0 Å². The standard InChI is InChI=1S/C28H29N5O6S/c1-17-24(29-18(2)26(17)28(35)32-12-10-31(3)11-13-32)15-22-21-14-20(8-9-23(21)30-27(22)34)40(38,39)16-19-6-4-5-7-25(19)33(36)37/h4-9,14-15,29H,10-13,16H2,1-3H3,(H,30,34). The molecule has 11 nitrogen and oxygen atoms in total. The van der Waals surface area contributed by atoms with E-state index in [2.05, 4.69) is 15.2 Å². The van der Waals surface area contributed by atoms with Crippen LogP contribution < -0.4 is 5.32 Å². The highest BCUT2D eigenvalue weighted by Gasteiger charge is 2.30. The third-order valence-corrected chi connectivity index (χ3v) is 9.10. The predicted molar refractivity (Wildman–Crippen MR) is 151 cm³/mol. The van der Waals surface area contributed by atoms with E-state index in [0.717, 1.165) is 13.1 Å². The number of carbonyl (C=O) groups excluding carboxylic acids is 2. The van der Waals surface area contributed by atoms with E-state index in [4.69, 9.17) is 0 Å². The number of amides is 2. The van der Waals surface area contributed by atoms with Gasteiger partial charge in [0, 0.05) is 60.4 Å². The van der Waals surface area contributed by atoms with Gasteiger partial charge in [-0.2, -0.15) is 0 Å². The summed E-state index contributed by atoms with van der Waals surface area (Å²) in [5.74, 6) is -1.03. The highest BCUT2D eigenvalue weighted by atomic mass is 32.2. The Bertz CT molecular complexity index is 1680. The summed E-state index contributed by atoms with van der Waals surface area (Å²) in [5.41, 5.74) is 3.45. The first-order valence-electron chi connectivity index (χ1n) is 12.8. The van der Waals surface area contributed by atoms with Gasteiger partial charge in [0.05, 0.1) is 26.7 Å². The van der Waals surface area contributed by atoms with Crippen LogP contribution in [-0.2, 0) is 20.4 Å². The summed E-state index contributed by atoms with van der Waals surface area (Å²) in [6.07, 6.45) is 1.63. The van der Waals surface area contributed by atoms with Crippen molar-refractivity contribution in [2.24, 2.45) is 0 Å². The first kappa shape index (κ1) is 27.3. The number of nitrogens with zero attached hydrogens (tertiary/aromatic N) is 3. The van der Waals surface area contributed by atoms with Crippen LogP contribution in [0, 0.1) is 24.0 Å². The number of benzene rings is 2. The quantitative estimate of drug-likeness (QED) is 0.266. The molecule has 0 bridgehead atoms. The maximum absolute atomic E-state index is 13.3. The normalized spacial score (nSPS) is 16.7. The van der Waals surface area contributed by atoms with E-state index in [0.29, 0.717) is 46.9 Å². The number of aryl methyl sites for hydroxylation is 1. The largest absolute Gasteiger partial charge is 0.358 e. The van der Waals surface area contributed by atoms with Gasteiger partial charge in [-0.1, -0.05) is 18.2 Å². The molecule has 2 amide bonds. The van der Waals surface area contributed by atoms with Gasteiger partial charge in [-0.15, -0.1) is 0 Å². The molecule has 0 spiro atoms. The number of sulfone groups is 1. The molecule has 0 radical (unpaired) electrons. The molecule has 0 saturated carbocycles. The summed E-state index contributed by atoms with van der Waals surface area (Å²) in [5, 5.41) is 14.1. The Morgan fingerprint density at radius 2 is 1.80 bits per heavy atom. The Hall–Kier alpha value is -4.29. The van der Waals surface area contributed by atoms with Crippen LogP contribution in [-0.4, -0.2) is 73.2 Å². The fourth-order valence-electron chi connectivity index (χ4n) is 5.15. The second-order valence-corrected chi connectivity index (χ2v) is 12.1. The number of piperazine rings is 1. The number of fused-ring (bicyclic) bond motifs is 1. The summed E-state index contributed by atoms with van der Waals surface area (Å²) in [7, 11) is -1.96. The zero-order chi connectivity index (χ0) is 28.8. The molecule has 40 heavy (non-hydrogen) atoms. The maximum Gasteiger partial charge on any atom is 0.273 e. The Balaban J connectivity index is 1.48. The summed E-state index contributed by atoms with van der Waals surface area (Å²) in [6.45, 7) is 6.50. The molecule has 0 unspecified atom stereocenters. The average Bonchev–Trinajstić information content (AvgIpc) is 3.37. The van der Waals surface area contributed by atoms with Crippen molar-refractivity contribution in [2.45, 2.75) is 24.5 Å². The number of nitro benzene ring substituents is 1. The molecule has 2 aliphatic rings. The molecule has 2 aliphatic heterocycles. The Morgan fingerprint density at radius 3 is 2.50 bits per heavy atom. The number of likely N-dealkylation sites (N-methyl/N-ethyl adjacent to an activating group) is 1. The summed E-state index contributed by atoms with van der Waals surface area (Å²) in [6, 6.07) is 10.0. The van der Waals surface area contributed by atoms with E-state index >= 15 is 0 Å². The number of para-hydroxylation sites is 1. The van der Waals surface area contributed by atoms with Crippen molar-refractivity contribution in [1.82, 2.24) is 14.8 Å². The van der Waals surface area contributed by atoms with Gasteiger partial charge in [0.15, 0.2) is 9.84 Å². The number of hydrogen-bond donors (Lipinski definition) is 2. The SMILES string of the molecule is Cc1[nH]c(C=C2C(=O)Nc3ccc(S(=O)(=O)Cc4ccccc4[N+](=O)[O-])cc32)c(C)c1C(=O)N1CCN(C)CC1. The van der Waals surface area contributed by atoms with E-state index in [9.17, 15) is 28.1 Å². The smallest absolute Gasteiger partial charge is 0.273 e. The maximum atomic E-state index is 13.3. The van der Waals surface area contributed by atoms with E-state index in [-0.39, 0.29) is 27.6 Å². The molecule has 3 aromatic rings. The number of rotatable bonds is 6. The molecule has 2 N–H and O–H groups in total. The van der Waals surface area contributed by atoms with Crippen molar-refractivity contribution >= 4 is 44.7 Å². The number of aromatic nitrogens is 1. The lowest BCUT2D eigenvalue weighted by Crippen LogP contribution is -2.47. The van der Waals surface area contributed by atoms with Gasteiger partial charge in [-0.05, 0) is 50.7 Å². The van der Waals surface area contributed by atoms with Crippen LogP contribution in [0.1, 0.15) is 38.4 Å². The zero-order valence-corrected chi connectivity index (χ0v) is 23.2. The molecular weight excluding hydrogens is 534 g/mol. The molecule has 12 heteroatoms. The Kier molecular flexibility index (Phi) is 7.06. The fourth-order valence-corrected chi connectivity index (χ4v) is 6.55. The zero-order valence-electron chi connectivity index (χ0n) is 22.4. The minimum Gasteiger partial charge on any atom is -0.358 e. The van der Waals surface area contributed by atoms with Crippen molar-refractivity contribution in [3.05, 3.63) is 86.2 Å². The molecule has 1 fully saturated rings. The van der Waals surface area contributed by atoms with Crippen molar-refractivity contribution in [3.8, 4) is 0 Å². The number of aromatic amines is 1. The van der Waals surface area contributed by atoms with E-state index in [1.807, 2.05) is 25.8 Å². The summed E-state index contributed by atoms with van der Waals surface area (Å²) < 4.78 is 26.5. The van der Waals surface area contributed by atoms with Crippen LogP contribution in [0.25, 0.3) is 11.6 Å². The second kappa shape index (κ2) is 10.4. The number of nitro groups is 1. The van der Waals surface area contributed by atoms with Crippen molar-refractivity contribution in [2.75, 3.05) is 38.5 Å². The van der Waals surface area contributed by atoms with E-state index in [1.165, 1.54) is 36.4 Å². The van der Waals surface area contributed by atoms with E-state index < -0.39 is 26.4 Å². The molecule has 2 aromatic carbocycles. The Labute approximate surface area is 231 Å². The van der Waals surface area contributed by atoms with Crippen LogP contribution in [0.15, 0.2) is 47.4 Å². The number of hydrogen-bond acceptors (Lipinski definition) is 7. The number of H-pyrrole nitrogens is 1. The van der Waals surface area contributed by atoms with Gasteiger partial charge in [0.25, 0.3) is 17.5 Å². The van der Waals surface area contributed by atoms with Gasteiger partial charge in [-0.3, -0.25) is 19.7 Å². The number of carbonyl (C=O) groups is 2. The molecule has 208 valence electrons. The van der Waals surface area contributed by atoms with Crippen LogP contribution in [0.3, 0.4) is 0 Å². The second-order valence-electron chi connectivity index (χ2n) is 10.1. The van der Waals surface area contributed by atoms with Gasteiger partial charge < -0.3 is 20.1 Å². The van der Waals surface area contributed by atoms with Crippen LogP contribution in [0.5, 0.6) is 0 Å². The first-order valence-corrected chi connectivity index (χ1v) is 14.4. The number of anilines is 1. The highest BCUT2D eigenvalue weighted by Crippen LogP contribution is 2.36. The monoisotopic (exact) mass is 563 g/mol. The van der Waals surface area contributed by atoms with Crippen LogP contribution >= 0.6 is 0 Å². The number of nitrogens with one attached hydrogen (secondary N) is 2. The first-order chi connectivity index (χ1) is 19.0. The molecule has 0 atom stereocenters. The molecule has 1 saturated heterocycles. The van der Waals surface area contributed by atoms with Gasteiger partial charge in [0.2, 0.25) is 0 Å². The molecule has 3 heterocycles. The topological polar surface area (TPSA) is 146 Å². The van der Waals surface area contributed by atoms with Crippen LogP contribution in [0.2, 0.25) is 0 Å². The van der Waals surface area contributed by atoms with Crippen molar-refractivity contribution in [1.29, 1.82) is 0 Å². The van der Waals surface area contributed by atoms with E-state index in [1.54, 1.807) is 12.1 Å². The highest BCUT2D eigenvalue weighted by molar-refractivity contribution is 7.90. The predicted octanol–water partition coefficient (Wildman–Crippen LogP) is 3.39.